The smallest absolute Gasteiger partial charge is 0.353 e. The van der Waals surface area contributed by atoms with Gasteiger partial charge in [0.05, 0.1) is 5.69 Å². The highest BCUT2D eigenvalue weighted by Gasteiger charge is 2.48. The van der Waals surface area contributed by atoms with E-state index in [-0.39, 0.29) is 41.2 Å². The van der Waals surface area contributed by atoms with Gasteiger partial charge in [-0.1, -0.05) is 0 Å². The second-order valence-corrected chi connectivity index (χ2v) is 13.4. The Morgan fingerprint density at radius 3 is 2.30 bits per heavy atom. The van der Waals surface area contributed by atoms with E-state index in [9.17, 15) is 41.9 Å². The van der Waals surface area contributed by atoms with Crippen molar-refractivity contribution in [3.05, 3.63) is 44.3 Å². The van der Waals surface area contributed by atoms with Gasteiger partial charge in [0, 0.05) is 25.7 Å². The molecule has 16 heteroatoms. The summed E-state index contributed by atoms with van der Waals surface area (Å²) in [5, 5.41) is 8.74. The first-order valence-electron chi connectivity index (χ1n) is 15.1. The first-order valence-corrected chi connectivity index (χ1v) is 15.9. The van der Waals surface area contributed by atoms with E-state index < -0.39 is 64.0 Å². The number of halogens is 3. The minimum absolute atomic E-state index is 0.0788. The number of hydrogen-bond acceptors (Lipinski definition) is 8. The zero-order valence-corrected chi connectivity index (χ0v) is 26.1. The van der Waals surface area contributed by atoms with E-state index in [1.54, 1.807) is 0 Å². The SMILES string of the molecule is CNC(=O)C(=O)CC[C@H](NC(=O)c1sc(C(F)(F)F)nc1C)C(=O)Nc1cccn(CC(=O)NC2C3CC4CC(C3)CC2C4)c1=O. The van der Waals surface area contributed by atoms with Gasteiger partial charge >= 0.3 is 6.18 Å². The van der Waals surface area contributed by atoms with Gasteiger partial charge in [-0.2, -0.15) is 13.2 Å². The third kappa shape index (κ3) is 7.32. The minimum Gasteiger partial charge on any atom is -0.353 e. The number of alkyl halides is 3. The van der Waals surface area contributed by atoms with Crippen LogP contribution in [0.3, 0.4) is 0 Å². The summed E-state index contributed by atoms with van der Waals surface area (Å²) in [5.74, 6) is -1.80. The molecule has 0 saturated heterocycles. The number of likely N-dealkylation sites (N-methyl/N-ethyl adjacent to an activating group) is 1. The summed E-state index contributed by atoms with van der Waals surface area (Å²) in [5.41, 5.74) is -1.14. The predicted molar refractivity (Wildman–Crippen MR) is 160 cm³/mol. The van der Waals surface area contributed by atoms with Crippen LogP contribution in [0.1, 0.15) is 65.3 Å². The van der Waals surface area contributed by atoms with Gasteiger partial charge in [-0.3, -0.25) is 28.8 Å². The van der Waals surface area contributed by atoms with Crippen LogP contribution in [0.15, 0.2) is 23.1 Å². The Kier molecular flexibility index (Phi) is 9.65. The number of aromatic nitrogens is 2. The van der Waals surface area contributed by atoms with Crippen molar-refractivity contribution in [3.63, 3.8) is 0 Å². The number of amides is 4. The number of hydrogen-bond donors (Lipinski definition) is 4. The fourth-order valence-corrected chi connectivity index (χ4v) is 8.11. The lowest BCUT2D eigenvalue weighted by Crippen LogP contribution is -2.56. The molecule has 248 valence electrons. The fourth-order valence-electron chi connectivity index (χ4n) is 7.27. The fraction of sp³-hybridized carbons (Fsp3) is 0.567. The van der Waals surface area contributed by atoms with Crippen molar-refractivity contribution in [1.29, 1.82) is 0 Å². The van der Waals surface area contributed by atoms with Gasteiger partial charge in [0.25, 0.3) is 17.4 Å². The van der Waals surface area contributed by atoms with Crippen LogP contribution in [0.4, 0.5) is 18.9 Å². The van der Waals surface area contributed by atoms with Crippen molar-refractivity contribution in [2.75, 3.05) is 12.4 Å². The summed E-state index contributed by atoms with van der Waals surface area (Å²) in [6.07, 6.45) is 1.44. The standard InChI is InChI=1S/C30H35F3N6O6S/c1-14-24(46-29(35-14)30(31,32)33)27(44)36-19(5-6-21(40)26(43)34-2)25(42)37-20-4-3-7-39(28(20)45)13-22(41)38-23-17-9-15-8-16(11-17)12-18(23)10-15/h3-4,7,15-19,23H,5-6,8-13H2,1-2H3,(H,34,43)(H,36,44)(H,37,42)(H,38,41)/t15?,16?,17?,18?,19-,23?/m0/s1. The second kappa shape index (κ2) is 13.3. The molecule has 0 spiro atoms. The molecule has 0 unspecified atom stereocenters. The summed E-state index contributed by atoms with van der Waals surface area (Å²) >= 11 is 0.0928. The highest BCUT2D eigenvalue weighted by molar-refractivity contribution is 7.13. The number of nitrogens with zero attached hydrogens (tertiary/aromatic N) is 2. The zero-order valence-electron chi connectivity index (χ0n) is 25.2. The van der Waals surface area contributed by atoms with Crippen molar-refractivity contribution in [3.8, 4) is 0 Å². The number of nitrogens with one attached hydrogen (secondary N) is 4. The molecule has 2 aromatic heterocycles. The highest BCUT2D eigenvalue weighted by Crippen LogP contribution is 2.53. The Labute approximate surface area is 265 Å². The average Bonchev–Trinajstić information content (AvgIpc) is 3.40. The molecule has 4 aliphatic rings. The van der Waals surface area contributed by atoms with Crippen LogP contribution in [0.2, 0.25) is 0 Å². The molecule has 4 fully saturated rings. The Balaban J connectivity index is 1.27. The van der Waals surface area contributed by atoms with Gasteiger partial charge in [0.15, 0.2) is 5.01 Å². The number of ketones is 1. The number of carbonyl (C=O) groups is 5. The van der Waals surface area contributed by atoms with Gasteiger partial charge < -0.3 is 25.8 Å². The van der Waals surface area contributed by atoms with Crippen LogP contribution in [0, 0.1) is 30.6 Å². The van der Waals surface area contributed by atoms with E-state index in [1.165, 1.54) is 38.7 Å². The van der Waals surface area contributed by atoms with Crippen molar-refractivity contribution >= 4 is 46.4 Å². The molecule has 0 aliphatic heterocycles. The van der Waals surface area contributed by atoms with Crippen LogP contribution in [-0.4, -0.2) is 58.1 Å². The third-order valence-corrected chi connectivity index (χ3v) is 10.4. The molecule has 4 amide bonds. The maximum Gasteiger partial charge on any atom is 0.443 e. The first kappa shape index (κ1) is 33.3. The maximum atomic E-state index is 13.3. The zero-order chi connectivity index (χ0) is 33.3. The lowest BCUT2D eigenvalue weighted by Gasteiger charge is -2.54. The van der Waals surface area contributed by atoms with E-state index in [1.807, 2.05) is 0 Å². The summed E-state index contributed by atoms with van der Waals surface area (Å²) < 4.78 is 40.6. The lowest BCUT2D eigenvalue weighted by molar-refractivity contribution is -0.137. The molecule has 1 atom stereocenters. The van der Waals surface area contributed by atoms with Gasteiger partial charge in [0.1, 0.15) is 23.2 Å². The molecule has 4 saturated carbocycles. The molecule has 0 aromatic carbocycles. The van der Waals surface area contributed by atoms with E-state index in [4.69, 9.17) is 0 Å². The molecular weight excluding hydrogens is 629 g/mol. The summed E-state index contributed by atoms with van der Waals surface area (Å²) in [7, 11) is 1.24. The molecule has 2 heterocycles. The topological polar surface area (TPSA) is 168 Å². The van der Waals surface area contributed by atoms with Crippen molar-refractivity contribution in [1.82, 2.24) is 25.5 Å². The van der Waals surface area contributed by atoms with Crippen molar-refractivity contribution < 1.29 is 37.1 Å². The van der Waals surface area contributed by atoms with Gasteiger partial charge in [0.2, 0.25) is 17.6 Å². The van der Waals surface area contributed by atoms with Crippen LogP contribution in [-0.2, 0) is 31.9 Å². The van der Waals surface area contributed by atoms with Crippen LogP contribution in [0.25, 0.3) is 0 Å². The molecule has 6 rings (SSSR count). The lowest BCUT2D eigenvalue weighted by atomic mass is 9.54. The molecule has 2 aromatic rings. The van der Waals surface area contributed by atoms with Crippen LogP contribution < -0.4 is 26.8 Å². The predicted octanol–water partition coefficient (Wildman–Crippen LogP) is 2.41. The quantitative estimate of drug-likeness (QED) is 0.268. The highest BCUT2D eigenvalue weighted by atomic mass is 32.1. The Hall–Kier alpha value is -4.08. The molecule has 4 bridgehead atoms. The van der Waals surface area contributed by atoms with E-state index in [2.05, 4.69) is 26.3 Å². The van der Waals surface area contributed by atoms with Gasteiger partial charge in [-0.25, -0.2) is 4.98 Å². The molecule has 12 nitrogen and oxygen atoms in total. The number of rotatable bonds is 11. The Bertz CT molecular complexity index is 1580. The third-order valence-electron chi connectivity index (χ3n) is 9.15. The van der Waals surface area contributed by atoms with Gasteiger partial charge in [-0.05, 0) is 81.3 Å². The largest absolute Gasteiger partial charge is 0.443 e. The number of pyridine rings is 1. The molecule has 46 heavy (non-hydrogen) atoms. The molecular formula is C30H35F3N6O6S. The average molecular weight is 665 g/mol. The molecule has 0 radical (unpaired) electrons. The Morgan fingerprint density at radius 2 is 1.72 bits per heavy atom. The number of aryl methyl sites for hydroxylation is 1. The molecule has 4 aliphatic carbocycles. The van der Waals surface area contributed by atoms with Crippen LogP contribution >= 0.6 is 11.3 Å². The van der Waals surface area contributed by atoms with Gasteiger partial charge in [-0.15, -0.1) is 11.3 Å². The number of Topliss-reactive ketones (excluding diaryl/α,β-unsaturated/α-hetero) is 1. The molecule has 4 N–H and O–H groups in total. The van der Waals surface area contributed by atoms with Crippen molar-refractivity contribution in [2.45, 2.75) is 76.7 Å². The monoisotopic (exact) mass is 664 g/mol. The number of carbonyl (C=O) groups excluding carboxylic acids is 5. The summed E-state index contributed by atoms with van der Waals surface area (Å²) in [6, 6.07) is 1.31. The first-order chi connectivity index (χ1) is 21.7. The second-order valence-electron chi connectivity index (χ2n) is 12.4. The van der Waals surface area contributed by atoms with E-state index >= 15 is 0 Å². The maximum absolute atomic E-state index is 13.3. The van der Waals surface area contributed by atoms with Crippen LogP contribution in [0.5, 0.6) is 0 Å². The minimum atomic E-state index is -4.79. The van der Waals surface area contributed by atoms with Crippen molar-refractivity contribution in [2.24, 2.45) is 23.7 Å². The van der Waals surface area contributed by atoms with E-state index in [0.29, 0.717) is 11.8 Å². The summed E-state index contributed by atoms with van der Waals surface area (Å²) in [6.45, 7) is 0.925. The number of anilines is 1. The van der Waals surface area contributed by atoms with E-state index in [0.717, 1.165) is 42.1 Å². The number of thiazole rings is 1. The normalized spacial score (nSPS) is 23.8. The summed E-state index contributed by atoms with van der Waals surface area (Å²) in [4.78, 5) is 79.3. The Morgan fingerprint density at radius 1 is 1.07 bits per heavy atom.